The molecule has 0 amide bonds. The molecule has 0 radical (unpaired) electrons. The molecule has 0 unspecified atom stereocenters. The molecule has 0 rings (SSSR count). The predicted molar refractivity (Wildman–Crippen MR) is 184 cm³/mol. The van der Waals surface area contributed by atoms with Crippen LogP contribution in [0, 0.1) is 0 Å². The third-order valence-electron chi connectivity index (χ3n) is 8.35. The Bertz CT molecular complexity index is 711. The van der Waals surface area contributed by atoms with Crippen LogP contribution in [-0.4, -0.2) is 41.0 Å². The first-order valence-corrected chi connectivity index (χ1v) is 20.4. The Balaban J connectivity index is 3.45. The van der Waals surface area contributed by atoms with Crippen LogP contribution in [0.2, 0.25) is 0 Å². The molecule has 0 aromatic carbocycles. The van der Waals surface area contributed by atoms with Gasteiger partial charge in [-0.1, -0.05) is 174 Å². The maximum absolute atomic E-state index is 12.0. The van der Waals surface area contributed by atoms with Crippen LogP contribution in [0.25, 0.3) is 0 Å². The van der Waals surface area contributed by atoms with E-state index in [0.29, 0.717) is 6.42 Å². The van der Waals surface area contributed by atoms with E-state index in [4.69, 9.17) is 19.3 Å². The normalized spacial score (nSPS) is 12.4. The van der Waals surface area contributed by atoms with Gasteiger partial charge in [0.15, 0.2) is 6.10 Å². The van der Waals surface area contributed by atoms with Gasteiger partial charge in [0, 0.05) is 12.8 Å². The molecule has 45 heavy (non-hydrogen) atoms. The molecule has 0 aliphatic rings. The standard InChI is InChI=1S/C36H71O8P/c1-3-5-6-7-8-9-10-11-12-13-14-15-16-17-18-19-20-21-22-23-24-25-26-27-28-29-31-35(37)42-32-34(33-43-45(39,40)41)44-36(38)30-4-2/h34H,3-33H2,1-2H3,(H2,39,40,41)/t34-/m1/s1. The van der Waals surface area contributed by atoms with Crippen LogP contribution in [0.5, 0.6) is 0 Å². The van der Waals surface area contributed by atoms with Crippen molar-refractivity contribution in [2.75, 3.05) is 13.2 Å². The zero-order valence-corrected chi connectivity index (χ0v) is 30.2. The van der Waals surface area contributed by atoms with Crippen LogP contribution in [0.3, 0.4) is 0 Å². The minimum atomic E-state index is -4.71. The molecule has 0 heterocycles. The molecule has 8 nitrogen and oxygen atoms in total. The summed E-state index contributed by atoms with van der Waals surface area (Å²) in [5.41, 5.74) is 0. The minimum absolute atomic E-state index is 0.167. The van der Waals surface area contributed by atoms with E-state index in [-0.39, 0.29) is 19.4 Å². The van der Waals surface area contributed by atoms with Gasteiger partial charge in [0.25, 0.3) is 0 Å². The average Bonchev–Trinajstić information content (AvgIpc) is 3.00. The minimum Gasteiger partial charge on any atom is -0.462 e. The third kappa shape index (κ3) is 35.7. The van der Waals surface area contributed by atoms with Gasteiger partial charge in [-0.2, -0.15) is 0 Å². The van der Waals surface area contributed by atoms with Crippen molar-refractivity contribution in [2.24, 2.45) is 0 Å². The van der Waals surface area contributed by atoms with Gasteiger partial charge >= 0.3 is 19.8 Å². The van der Waals surface area contributed by atoms with Crippen LogP contribution in [0.15, 0.2) is 0 Å². The Morgan fingerprint density at radius 1 is 0.489 bits per heavy atom. The second-order valence-corrected chi connectivity index (χ2v) is 14.2. The number of carbonyl (C=O) groups is 2. The Kier molecular flexibility index (Phi) is 32.3. The molecule has 0 saturated carbocycles. The molecular formula is C36H71O8P. The van der Waals surface area contributed by atoms with Crippen molar-refractivity contribution in [1.29, 1.82) is 0 Å². The molecule has 0 bridgehead atoms. The first-order chi connectivity index (χ1) is 21.8. The largest absolute Gasteiger partial charge is 0.469 e. The highest BCUT2D eigenvalue weighted by molar-refractivity contribution is 7.46. The molecule has 268 valence electrons. The van der Waals surface area contributed by atoms with Gasteiger partial charge in [-0.15, -0.1) is 0 Å². The van der Waals surface area contributed by atoms with Crippen LogP contribution in [0.1, 0.15) is 200 Å². The fourth-order valence-electron chi connectivity index (χ4n) is 5.59. The van der Waals surface area contributed by atoms with E-state index in [1.165, 1.54) is 148 Å². The molecule has 0 fully saturated rings. The van der Waals surface area contributed by atoms with Crippen molar-refractivity contribution in [2.45, 2.75) is 206 Å². The van der Waals surface area contributed by atoms with E-state index >= 15 is 0 Å². The highest BCUT2D eigenvalue weighted by Crippen LogP contribution is 2.36. The monoisotopic (exact) mass is 662 g/mol. The van der Waals surface area contributed by atoms with Crippen LogP contribution >= 0.6 is 7.82 Å². The first-order valence-electron chi connectivity index (χ1n) is 18.8. The van der Waals surface area contributed by atoms with Crippen molar-refractivity contribution in [3.05, 3.63) is 0 Å². The summed E-state index contributed by atoms with van der Waals surface area (Å²) in [6.45, 7) is 3.28. The highest BCUT2D eigenvalue weighted by atomic mass is 31.2. The van der Waals surface area contributed by atoms with Crippen molar-refractivity contribution in [3.8, 4) is 0 Å². The Morgan fingerprint density at radius 3 is 1.18 bits per heavy atom. The number of hydrogen-bond donors (Lipinski definition) is 2. The smallest absolute Gasteiger partial charge is 0.462 e. The van der Waals surface area contributed by atoms with E-state index in [0.717, 1.165) is 19.3 Å². The Labute approximate surface area is 276 Å². The summed E-state index contributed by atoms with van der Waals surface area (Å²) < 4.78 is 25.6. The lowest BCUT2D eigenvalue weighted by Gasteiger charge is -2.18. The summed E-state index contributed by atoms with van der Waals surface area (Å²) in [6, 6.07) is 0. The van der Waals surface area contributed by atoms with Crippen LogP contribution < -0.4 is 0 Å². The van der Waals surface area contributed by atoms with Gasteiger partial charge in [0.05, 0.1) is 6.61 Å². The summed E-state index contributed by atoms with van der Waals surface area (Å²) in [5.74, 6) is -0.935. The molecule has 1 atom stereocenters. The van der Waals surface area contributed by atoms with Gasteiger partial charge in [-0.25, -0.2) is 4.57 Å². The van der Waals surface area contributed by atoms with Gasteiger partial charge in [0.2, 0.25) is 0 Å². The van der Waals surface area contributed by atoms with Crippen molar-refractivity contribution < 1.29 is 37.9 Å². The SMILES string of the molecule is CCCCCCCCCCCCCCCCCCCCCCCCCCCCC(=O)OC[C@H](COP(=O)(O)O)OC(=O)CCC. The van der Waals surface area contributed by atoms with E-state index in [1.54, 1.807) is 0 Å². The third-order valence-corrected chi connectivity index (χ3v) is 8.83. The van der Waals surface area contributed by atoms with E-state index < -0.39 is 32.5 Å². The second-order valence-electron chi connectivity index (χ2n) is 12.9. The highest BCUT2D eigenvalue weighted by Gasteiger charge is 2.22. The molecule has 0 aromatic heterocycles. The van der Waals surface area contributed by atoms with E-state index in [1.807, 2.05) is 6.92 Å². The Morgan fingerprint density at radius 2 is 0.844 bits per heavy atom. The van der Waals surface area contributed by atoms with Gasteiger partial charge in [-0.05, 0) is 12.8 Å². The quantitative estimate of drug-likeness (QED) is 0.0391. The second kappa shape index (κ2) is 33.0. The lowest BCUT2D eigenvalue weighted by Crippen LogP contribution is -2.29. The topological polar surface area (TPSA) is 119 Å². The van der Waals surface area contributed by atoms with Crippen molar-refractivity contribution in [3.63, 3.8) is 0 Å². The number of phosphoric ester groups is 1. The number of phosphoric acid groups is 1. The van der Waals surface area contributed by atoms with Gasteiger partial charge in [-0.3, -0.25) is 14.1 Å². The Hall–Kier alpha value is -0.950. The summed E-state index contributed by atoms with van der Waals surface area (Å²) >= 11 is 0. The summed E-state index contributed by atoms with van der Waals surface area (Å²) in [6.07, 6.45) is 34.7. The van der Waals surface area contributed by atoms with Crippen molar-refractivity contribution >= 4 is 19.8 Å². The summed E-state index contributed by atoms with van der Waals surface area (Å²) in [5, 5.41) is 0. The lowest BCUT2D eigenvalue weighted by molar-refractivity contribution is -0.161. The lowest BCUT2D eigenvalue weighted by atomic mass is 10.0. The number of esters is 2. The number of rotatable bonds is 35. The molecule has 0 saturated heterocycles. The van der Waals surface area contributed by atoms with Crippen molar-refractivity contribution in [1.82, 2.24) is 0 Å². The molecule has 0 spiro atoms. The zero-order valence-electron chi connectivity index (χ0n) is 29.3. The number of ether oxygens (including phenoxy) is 2. The predicted octanol–water partition coefficient (Wildman–Crippen LogP) is 10.9. The maximum atomic E-state index is 12.0. The molecule has 0 aliphatic heterocycles. The first kappa shape index (κ1) is 44.0. The van der Waals surface area contributed by atoms with Crippen LogP contribution in [0.4, 0.5) is 0 Å². The van der Waals surface area contributed by atoms with Crippen LogP contribution in [-0.2, 0) is 28.2 Å². The molecule has 0 aliphatic carbocycles. The molecule has 9 heteroatoms. The van der Waals surface area contributed by atoms with E-state index in [2.05, 4.69) is 11.4 Å². The number of carbonyl (C=O) groups excluding carboxylic acids is 2. The summed E-state index contributed by atoms with van der Waals surface area (Å²) in [4.78, 5) is 41.5. The average molecular weight is 663 g/mol. The molecule has 2 N–H and O–H groups in total. The fourth-order valence-corrected chi connectivity index (χ4v) is 5.95. The van der Waals surface area contributed by atoms with E-state index in [9.17, 15) is 14.2 Å². The summed E-state index contributed by atoms with van der Waals surface area (Å²) in [7, 11) is -4.71. The maximum Gasteiger partial charge on any atom is 0.469 e. The van der Waals surface area contributed by atoms with Gasteiger partial charge < -0.3 is 19.3 Å². The zero-order chi connectivity index (χ0) is 33.3. The molecular weight excluding hydrogens is 591 g/mol. The van der Waals surface area contributed by atoms with Gasteiger partial charge in [0.1, 0.15) is 6.61 Å². The number of unbranched alkanes of at least 4 members (excludes halogenated alkanes) is 25. The number of hydrogen-bond acceptors (Lipinski definition) is 6. The fraction of sp³-hybridized carbons (Fsp3) is 0.944. The molecule has 0 aromatic rings.